The molecule has 0 aromatic heterocycles. The zero-order valence-corrected chi connectivity index (χ0v) is 11.6. The highest BCUT2D eigenvalue weighted by Crippen LogP contribution is 2.14. The van der Waals surface area contributed by atoms with Gasteiger partial charge >= 0.3 is 0 Å². The van der Waals surface area contributed by atoms with E-state index in [9.17, 15) is 9.90 Å². The van der Waals surface area contributed by atoms with Gasteiger partial charge in [0, 0.05) is 13.1 Å². The molecule has 4 N–H and O–H groups in total. The molecule has 0 aliphatic rings. The van der Waals surface area contributed by atoms with Crippen molar-refractivity contribution in [3.63, 3.8) is 0 Å². The third-order valence-electron chi connectivity index (χ3n) is 3.32. The summed E-state index contributed by atoms with van der Waals surface area (Å²) in [5, 5.41) is 12.9. The van der Waals surface area contributed by atoms with Crippen LogP contribution in [0, 0.1) is 11.8 Å². The van der Waals surface area contributed by atoms with Gasteiger partial charge in [0.25, 0.3) is 0 Å². The average Bonchev–Trinajstić information content (AvgIpc) is 2.32. The Hall–Kier alpha value is -0.610. The molecule has 0 rings (SSSR count). The zero-order valence-electron chi connectivity index (χ0n) is 11.6. The molecular formula is C13H28N2O2. The molecule has 0 aromatic rings. The summed E-state index contributed by atoms with van der Waals surface area (Å²) in [4.78, 5) is 11.9. The molecule has 17 heavy (non-hydrogen) atoms. The number of carbonyl (C=O) groups excluding carboxylic acids is 1. The molecule has 0 aliphatic carbocycles. The number of hydrogen-bond donors (Lipinski definition) is 3. The third-order valence-corrected chi connectivity index (χ3v) is 3.32. The SMILES string of the molecule is CCC(O)(CC)CNC(=O)C(CN)CC(C)C. The Balaban J connectivity index is 4.23. The Kier molecular flexibility index (Phi) is 7.39. The second-order valence-electron chi connectivity index (χ2n) is 5.21. The van der Waals surface area contributed by atoms with Crippen LogP contribution in [0.5, 0.6) is 0 Å². The first-order valence-corrected chi connectivity index (χ1v) is 6.58. The molecular weight excluding hydrogens is 216 g/mol. The molecule has 0 fully saturated rings. The van der Waals surface area contributed by atoms with E-state index in [0.717, 1.165) is 6.42 Å². The topological polar surface area (TPSA) is 75.3 Å². The fourth-order valence-electron chi connectivity index (χ4n) is 1.78. The summed E-state index contributed by atoms with van der Waals surface area (Å²) in [5.74, 6) is 0.264. The van der Waals surface area contributed by atoms with Crippen molar-refractivity contribution in [3.8, 4) is 0 Å². The van der Waals surface area contributed by atoms with Crippen LogP contribution in [-0.2, 0) is 4.79 Å². The molecule has 0 aliphatic heterocycles. The third kappa shape index (κ3) is 6.03. The predicted octanol–water partition coefficient (Wildman–Crippen LogP) is 1.27. The molecule has 1 unspecified atom stereocenters. The molecule has 4 nitrogen and oxygen atoms in total. The molecule has 0 spiro atoms. The Labute approximate surface area is 105 Å². The van der Waals surface area contributed by atoms with Gasteiger partial charge in [-0.3, -0.25) is 4.79 Å². The van der Waals surface area contributed by atoms with E-state index in [0.29, 0.717) is 31.8 Å². The van der Waals surface area contributed by atoms with Crippen molar-refractivity contribution in [1.82, 2.24) is 5.32 Å². The van der Waals surface area contributed by atoms with Gasteiger partial charge in [-0.1, -0.05) is 27.7 Å². The minimum Gasteiger partial charge on any atom is -0.388 e. The molecule has 0 radical (unpaired) electrons. The average molecular weight is 244 g/mol. The minimum atomic E-state index is -0.785. The van der Waals surface area contributed by atoms with Gasteiger partial charge in [-0.25, -0.2) is 0 Å². The van der Waals surface area contributed by atoms with Crippen LogP contribution in [0.4, 0.5) is 0 Å². The summed E-state index contributed by atoms with van der Waals surface area (Å²) in [7, 11) is 0. The molecule has 0 saturated heterocycles. The summed E-state index contributed by atoms with van der Waals surface area (Å²) in [5.41, 5.74) is 4.82. The first-order valence-electron chi connectivity index (χ1n) is 6.58. The van der Waals surface area contributed by atoms with E-state index in [1.54, 1.807) is 0 Å². The largest absolute Gasteiger partial charge is 0.388 e. The molecule has 102 valence electrons. The minimum absolute atomic E-state index is 0.0403. The van der Waals surface area contributed by atoms with Crippen molar-refractivity contribution < 1.29 is 9.90 Å². The van der Waals surface area contributed by atoms with Crippen LogP contribution in [0.1, 0.15) is 47.0 Å². The lowest BCUT2D eigenvalue weighted by Crippen LogP contribution is -2.45. The van der Waals surface area contributed by atoms with Gasteiger partial charge in [-0.15, -0.1) is 0 Å². The summed E-state index contributed by atoms with van der Waals surface area (Å²) < 4.78 is 0. The van der Waals surface area contributed by atoms with E-state index in [2.05, 4.69) is 19.2 Å². The lowest BCUT2D eigenvalue weighted by Gasteiger charge is -2.26. The highest BCUT2D eigenvalue weighted by atomic mass is 16.3. The Morgan fingerprint density at radius 2 is 1.88 bits per heavy atom. The van der Waals surface area contributed by atoms with E-state index in [1.807, 2.05) is 13.8 Å². The lowest BCUT2D eigenvalue weighted by molar-refractivity contribution is -0.126. The molecule has 0 heterocycles. The van der Waals surface area contributed by atoms with Gasteiger partial charge in [-0.05, 0) is 25.2 Å². The first kappa shape index (κ1) is 16.4. The molecule has 1 atom stereocenters. The van der Waals surface area contributed by atoms with Crippen molar-refractivity contribution in [1.29, 1.82) is 0 Å². The summed E-state index contributed by atoms with van der Waals surface area (Å²) in [6.45, 7) is 8.66. The van der Waals surface area contributed by atoms with E-state index in [1.165, 1.54) is 0 Å². The van der Waals surface area contributed by atoms with Crippen LogP contribution in [0.3, 0.4) is 0 Å². The number of rotatable bonds is 8. The van der Waals surface area contributed by atoms with Crippen LogP contribution in [0.25, 0.3) is 0 Å². The second kappa shape index (κ2) is 7.67. The van der Waals surface area contributed by atoms with E-state index in [-0.39, 0.29) is 11.8 Å². The number of carbonyl (C=O) groups is 1. The maximum absolute atomic E-state index is 11.9. The molecule has 0 saturated carbocycles. The van der Waals surface area contributed by atoms with Gasteiger partial charge in [0.1, 0.15) is 0 Å². The number of nitrogens with one attached hydrogen (secondary N) is 1. The summed E-state index contributed by atoms with van der Waals surface area (Å²) >= 11 is 0. The standard InChI is InChI=1S/C13H28N2O2/c1-5-13(17,6-2)9-15-12(16)11(8-14)7-10(3)4/h10-11,17H,5-9,14H2,1-4H3,(H,15,16). The Bertz CT molecular complexity index is 225. The quantitative estimate of drug-likeness (QED) is 0.602. The van der Waals surface area contributed by atoms with E-state index < -0.39 is 5.60 Å². The highest BCUT2D eigenvalue weighted by molar-refractivity contribution is 5.78. The number of amides is 1. The van der Waals surface area contributed by atoms with Crippen LogP contribution in [0.2, 0.25) is 0 Å². The smallest absolute Gasteiger partial charge is 0.224 e. The van der Waals surface area contributed by atoms with Crippen LogP contribution in [0.15, 0.2) is 0 Å². The van der Waals surface area contributed by atoms with Crippen molar-refractivity contribution in [2.45, 2.75) is 52.6 Å². The Morgan fingerprint density at radius 3 is 2.24 bits per heavy atom. The summed E-state index contributed by atoms with van der Waals surface area (Å²) in [6, 6.07) is 0. The van der Waals surface area contributed by atoms with Crippen molar-refractivity contribution >= 4 is 5.91 Å². The fraction of sp³-hybridized carbons (Fsp3) is 0.923. The highest BCUT2D eigenvalue weighted by Gasteiger charge is 2.25. The normalized spacial score (nSPS) is 13.8. The van der Waals surface area contributed by atoms with Crippen molar-refractivity contribution in [3.05, 3.63) is 0 Å². The maximum atomic E-state index is 11.9. The molecule has 0 aromatic carbocycles. The van der Waals surface area contributed by atoms with Gasteiger partial charge in [0.15, 0.2) is 0 Å². The van der Waals surface area contributed by atoms with E-state index >= 15 is 0 Å². The van der Waals surface area contributed by atoms with Crippen LogP contribution < -0.4 is 11.1 Å². The van der Waals surface area contributed by atoms with Crippen molar-refractivity contribution in [2.24, 2.45) is 17.6 Å². The fourth-order valence-corrected chi connectivity index (χ4v) is 1.78. The second-order valence-corrected chi connectivity index (χ2v) is 5.21. The number of hydrogen-bond acceptors (Lipinski definition) is 3. The maximum Gasteiger partial charge on any atom is 0.224 e. The van der Waals surface area contributed by atoms with Gasteiger partial charge in [0.2, 0.25) is 5.91 Å². The molecule has 1 amide bonds. The van der Waals surface area contributed by atoms with E-state index in [4.69, 9.17) is 5.73 Å². The number of aliphatic hydroxyl groups is 1. The molecule has 0 bridgehead atoms. The molecule has 4 heteroatoms. The van der Waals surface area contributed by atoms with Gasteiger partial charge in [0.05, 0.1) is 11.5 Å². The summed E-state index contributed by atoms with van der Waals surface area (Å²) in [6.07, 6.45) is 2.07. The lowest BCUT2D eigenvalue weighted by atomic mass is 9.94. The predicted molar refractivity (Wildman–Crippen MR) is 70.5 cm³/mol. The van der Waals surface area contributed by atoms with Crippen molar-refractivity contribution in [2.75, 3.05) is 13.1 Å². The zero-order chi connectivity index (χ0) is 13.5. The first-order chi connectivity index (χ1) is 7.88. The number of nitrogens with two attached hydrogens (primary N) is 1. The van der Waals surface area contributed by atoms with Crippen LogP contribution in [-0.4, -0.2) is 29.7 Å². The van der Waals surface area contributed by atoms with Crippen LogP contribution >= 0.6 is 0 Å². The van der Waals surface area contributed by atoms with Gasteiger partial charge in [-0.2, -0.15) is 0 Å². The Morgan fingerprint density at radius 1 is 1.35 bits per heavy atom. The van der Waals surface area contributed by atoms with Gasteiger partial charge < -0.3 is 16.2 Å². The monoisotopic (exact) mass is 244 g/mol.